The number of hydrogen-bond acceptors (Lipinski definition) is 3. The molecule has 150 valence electrons. The van der Waals surface area contributed by atoms with E-state index in [1.165, 1.54) is 0 Å². The van der Waals surface area contributed by atoms with Crippen LogP contribution in [0.3, 0.4) is 0 Å². The molecule has 0 atom stereocenters. The number of benzene rings is 2. The molecule has 2 aromatic heterocycles. The van der Waals surface area contributed by atoms with Crippen LogP contribution in [0, 0.1) is 0 Å². The molecule has 1 amide bonds. The van der Waals surface area contributed by atoms with Crippen molar-refractivity contribution in [3.63, 3.8) is 0 Å². The SMILES string of the molecule is CN(Cc1ccccc1)C(=O)c1cc2cccnc2n(Cc2ccc(Cl)cc2)c1=O. The molecule has 0 radical (unpaired) electrons. The van der Waals surface area contributed by atoms with Gasteiger partial charge in [0.2, 0.25) is 0 Å². The zero-order chi connectivity index (χ0) is 21.1. The van der Waals surface area contributed by atoms with E-state index in [2.05, 4.69) is 4.98 Å². The van der Waals surface area contributed by atoms with E-state index >= 15 is 0 Å². The molecule has 0 aliphatic carbocycles. The molecule has 0 saturated carbocycles. The first-order valence-electron chi connectivity index (χ1n) is 9.55. The molecule has 0 spiro atoms. The maximum absolute atomic E-state index is 13.3. The maximum Gasteiger partial charge on any atom is 0.265 e. The Morgan fingerprint density at radius 2 is 1.73 bits per heavy atom. The second-order valence-corrected chi connectivity index (χ2v) is 7.58. The summed E-state index contributed by atoms with van der Waals surface area (Å²) in [5.74, 6) is -0.320. The fourth-order valence-corrected chi connectivity index (χ4v) is 3.54. The number of rotatable bonds is 5. The van der Waals surface area contributed by atoms with Crippen LogP contribution in [0.4, 0.5) is 0 Å². The minimum atomic E-state index is -0.360. The summed E-state index contributed by atoms with van der Waals surface area (Å²) in [4.78, 5) is 32.4. The highest BCUT2D eigenvalue weighted by Crippen LogP contribution is 2.16. The smallest absolute Gasteiger partial charge is 0.265 e. The molecule has 4 rings (SSSR count). The minimum absolute atomic E-state index is 0.128. The van der Waals surface area contributed by atoms with Crippen molar-refractivity contribution < 1.29 is 4.79 Å². The Labute approximate surface area is 179 Å². The quantitative estimate of drug-likeness (QED) is 0.484. The number of fused-ring (bicyclic) bond motifs is 1. The Bertz CT molecular complexity index is 1250. The Hall–Kier alpha value is -3.44. The van der Waals surface area contributed by atoms with Gasteiger partial charge in [0.05, 0.1) is 6.54 Å². The average Bonchev–Trinajstić information content (AvgIpc) is 2.77. The molecule has 0 fully saturated rings. The van der Waals surface area contributed by atoms with Gasteiger partial charge in [0.15, 0.2) is 0 Å². The molecule has 0 saturated heterocycles. The van der Waals surface area contributed by atoms with Crippen LogP contribution in [-0.2, 0) is 13.1 Å². The second kappa shape index (κ2) is 8.51. The van der Waals surface area contributed by atoms with Gasteiger partial charge in [-0.2, -0.15) is 0 Å². The van der Waals surface area contributed by atoms with Gasteiger partial charge in [0.25, 0.3) is 11.5 Å². The van der Waals surface area contributed by atoms with Crippen molar-refractivity contribution in [2.75, 3.05) is 7.05 Å². The average molecular weight is 418 g/mol. The van der Waals surface area contributed by atoms with Crippen LogP contribution in [0.2, 0.25) is 5.02 Å². The third-order valence-electron chi connectivity index (χ3n) is 4.94. The number of nitrogens with zero attached hydrogens (tertiary/aromatic N) is 3. The summed E-state index contributed by atoms with van der Waals surface area (Å²) in [5, 5.41) is 1.36. The van der Waals surface area contributed by atoms with E-state index in [4.69, 9.17) is 11.6 Å². The molecule has 0 aliphatic heterocycles. The van der Waals surface area contributed by atoms with Crippen molar-refractivity contribution in [2.45, 2.75) is 13.1 Å². The molecule has 0 bridgehead atoms. The number of pyridine rings is 2. The predicted molar refractivity (Wildman–Crippen MR) is 119 cm³/mol. The predicted octanol–water partition coefficient (Wildman–Crippen LogP) is 4.37. The van der Waals surface area contributed by atoms with E-state index in [1.807, 2.05) is 48.5 Å². The lowest BCUT2D eigenvalue weighted by molar-refractivity contribution is 0.0783. The lowest BCUT2D eigenvalue weighted by Crippen LogP contribution is -2.34. The van der Waals surface area contributed by atoms with Gasteiger partial charge in [0, 0.05) is 30.2 Å². The molecule has 0 unspecified atom stereocenters. The third kappa shape index (κ3) is 4.11. The number of halogens is 1. The molecule has 30 heavy (non-hydrogen) atoms. The monoisotopic (exact) mass is 417 g/mol. The van der Waals surface area contributed by atoms with Gasteiger partial charge in [-0.25, -0.2) is 4.98 Å². The Balaban J connectivity index is 1.75. The minimum Gasteiger partial charge on any atom is -0.337 e. The number of aromatic nitrogens is 2. The largest absolute Gasteiger partial charge is 0.337 e. The van der Waals surface area contributed by atoms with Gasteiger partial charge in [-0.15, -0.1) is 0 Å². The van der Waals surface area contributed by atoms with Crippen molar-refractivity contribution in [3.05, 3.63) is 111 Å². The fourth-order valence-electron chi connectivity index (χ4n) is 3.41. The highest BCUT2D eigenvalue weighted by atomic mass is 35.5. The number of carbonyl (C=O) groups is 1. The molecule has 4 aromatic rings. The molecule has 2 aromatic carbocycles. The van der Waals surface area contributed by atoms with Crippen molar-refractivity contribution in [1.82, 2.24) is 14.5 Å². The zero-order valence-electron chi connectivity index (χ0n) is 16.5. The van der Waals surface area contributed by atoms with Gasteiger partial charge >= 0.3 is 0 Å². The van der Waals surface area contributed by atoms with Crippen molar-refractivity contribution >= 4 is 28.5 Å². The van der Waals surface area contributed by atoms with E-state index < -0.39 is 0 Å². The summed E-state index contributed by atoms with van der Waals surface area (Å²) in [5.41, 5.74) is 2.21. The first-order chi connectivity index (χ1) is 14.5. The maximum atomic E-state index is 13.3. The summed E-state index contributed by atoms with van der Waals surface area (Å²) in [7, 11) is 1.70. The lowest BCUT2D eigenvalue weighted by Gasteiger charge is -2.18. The molecule has 0 aliphatic rings. The summed E-state index contributed by atoms with van der Waals surface area (Å²) < 4.78 is 1.54. The van der Waals surface area contributed by atoms with Crippen LogP contribution in [0.25, 0.3) is 11.0 Å². The molecule has 2 heterocycles. The van der Waals surface area contributed by atoms with E-state index in [0.717, 1.165) is 16.5 Å². The molecule has 5 nitrogen and oxygen atoms in total. The highest BCUT2D eigenvalue weighted by Gasteiger charge is 2.20. The first kappa shape index (κ1) is 19.9. The second-order valence-electron chi connectivity index (χ2n) is 7.14. The summed E-state index contributed by atoms with van der Waals surface area (Å²) in [6, 6.07) is 22.2. The van der Waals surface area contributed by atoms with Gasteiger partial charge in [-0.3, -0.25) is 14.2 Å². The zero-order valence-corrected chi connectivity index (χ0v) is 17.2. The number of amides is 1. The van der Waals surface area contributed by atoms with Gasteiger partial charge in [-0.05, 0) is 41.5 Å². The van der Waals surface area contributed by atoms with Crippen LogP contribution in [0.1, 0.15) is 21.5 Å². The Morgan fingerprint density at radius 3 is 2.47 bits per heavy atom. The number of hydrogen-bond donors (Lipinski definition) is 0. The van der Waals surface area contributed by atoms with E-state index in [-0.39, 0.29) is 17.0 Å². The van der Waals surface area contributed by atoms with E-state index in [9.17, 15) is 9.59 Å². The Morgan fingerprint density at radius 1 is 1.00 bits per heavy atom. The number of carbonyl (C=O) groups excluding carboxylic acids is 1. The summed E-state index contributed by atoms with van der Waals surface area (Å²) in [6.07, 6.45) is 1.64. The van der Waals surface area contributed by atoms with Gasteiger partial charge < -0.3 is 4.90 Å². The van der Waals surface area contributed by atoms with Crippen LogP contribution >= 0.6 is 11.6 Å². The summed E-state index contributed by atoms with van der Waals surface area (Å²) in [6.45, 7) is 0.717. The first-order valence-corrected chi connectivity index (χ1v) is 9.93. The normalized spacial score (nSPS) is 10.9. The van der Waals surface area contributed by atoms with Crippen molar-refractivity contribution in [3.8, 4) is 0 Å². The van der Waals surface area contributed by atoms with Gasteiger partial charge in [-0.1, -0.05) is 54.1 Å². The topological polar surface area (TPSA) is 55.2 Å². The van der Waals surface area contributed by atoms with Gasteiger partial charge in [0.1, 0.15) is 11.2 Å². The van der Waals surface area contributed by atoms with E-state index in [0.29, 0.717) is 23.8 Å². The fraction of sp³-hybridized carbons (Fsp3) is 0.125. The molecule has 0 N–H and O–H groups in total. The molecular weight excluding hydrogens is 398 g/mol. The van der Waals surface area contributed by atoms with Crippen LogP contribution in [0.15, 0.2) is 83.8 Å². The third-order valence-corrected chi connectivity index (χ3v) is 5.19. The molecule has 6 heteroatoms. The molecular formula is C24H20ClN3O2. The van der Waals surface area contributed by atoms with Crippen molar-refractivity contribution in [1.29, 1.82) is 0 Å². The van der Waals surface area contributed by atoms with Crippen LogP contribution in [-0.4, -0.2) is 27.4 Å². The van der Waals surface area contributed by atoms with E-state index in [1.54, 1.807) is 47.0 Å². The lowest BCUT2D eigenvalue weighted by atomic mass is 10.1. The van der Waals surface area contributed by atoms with Crippen molar-refractivity contribution in [2.24, 2.45) is 0 Å². The van der Waals surface area contributed by atoms with Crippen LogP contribution in [0.5, 0.6) is 0 Å². The highest BCUT2D eigenvalue weighted by molar-refractivity contribution is 6.30. The summed E-state index contributed by atoms with van der Waals surface area (Å²) >= 11 is 5.98. The Kier molecular flexibility index (Phi) is 5.63. The van der Waals surface area contributed by atoms with Crippen LogP contribution < -0.4 is 5.56 Å². The standard InChI is InChI=1S/C24H20ClN3O2/c1-27(15-17-6-3-2-4-7-17)23(29)21-14-19-8-5-13-26-22(19)28(24(21)30)16-18-9-11-20(25)12-10-18/h2-14H,15-16H2,1H3.